The molecule has 0 spiro atoms. The van der Waals surface area contributed by atoms with Crippen molar-refractivity contribution >= 4 is 47.7 Å². The molecule has 1 fully saturated rings. The number of methoxy groups -OCH3 is 1. The van der Waals surface area contributed by atoms with Crippen molar-refractivity contribution in [2.75, 3.05) is 39.1 Å². The third-order valence-electron chi connectivity index (χ3n) is 5.25. The second-order valence-electron chi connectivity index (χ2n) is 8.50. The van der Waals surface area contributed by atoms with Crippen molar-refractivity contribution in [2.24, 2.45) is 0 Å². The molecule has 216 valence electrons. The van der Waals surface area contributed by atoms with Crippen molar-refractivity contribution in [1.82, 2.24) is 20.5 Å². The minimum Gasteiger partial charge on any atom is -0.471 e. The molecule has 1 saturated heterocycles. The van der Waals surface area contributed by atoms with Crippen LogP contribution in [0, 0.1) is 0 Å². The summed E-state index contributed by atoms with van der Waals surface area (Å²) in [5.74, 6) is -0.0274. The summed E-state index contributed by atoms with van der Waals surface area (Å²) < 4.78 is 9.48. The van der Waals surface area contributed by atoms with Crippen LogP contribution in [0.15, 0.2) is 36.5 Å². The van der Waals surface area contributed by atoms with Gasteiger partial charge in [-0.15, -0.1) is 0 Å². The number of likely N-dealkylation sites (tertiary alicyclic amines) is 1. The van der Waals surface area contributed by atoms with E-state index in [4.69, 9.17) is 37.8 Å². The first-order chi connectivity index (χ1) is 18.7. The van der Waals surface area contributed by atoms with E-state index in [0.717, 1.165) is 30.8 Å². The maximum Gasteiger partial charge on any atom is 0.292 e. The number of pyridine rings is 1. The molecule has 1 aromatic carbocycles. The van der Waals surface area contributed by atoms with Crippen molar-refractivity contribution in [2.45, 2.75) is 45.1 Å². The van der Waals surface area contributed by atoms with Gasteiger partial charge in [0.15, 0.2) is 6.10 Å². The van der Waals surface area contributed by atoms with E-state index < -0.39 is 6.10 Å². The van der Waals surface area contributed by atoms with Gasteiger partial charge < -0.3 is 30.5 Å². The third-order valence-corrected chi connectivity index (χ3v) is 5.73. The van der Waals surface area contributed by atoms with Crippen molar-refractivity contribution in [3.05, 3.63) is 52.1 Å². The SMILES string of the molecule is CC(O)CN1CC(NC=O)C1.CCC(Oc1ncc(Cl)cc1Cl)C(=O)NCc1cccc(NC)c1.COC=O. The number of nitrogens with one attached hydrogen (secondary N) is 3. The van der Waals surface area contributed by atoms with Gasteiger partial charge >= 0.3 is 0 Å². The van der Waals surface area contributed by atoms with Crippen LogP contribution in [-0.2, 0) is 25.7 Å². The van der Waals surface area contributed by atoms with E-state index in [0.29, 0.717) is 37.0 Å². The van der Waals surface area contributed by atoms with Crippen molar-refractivity contribution < 1.29 is 29.0 Å². The van der Waals surface area contributed by atoms with E-state index in [1.165, 1.54) is 19.4 Å². The highest BCUT2D eigenvalue weighted by Gasteiger charge is 2.26. The molecule has 13 heteroatoms. The van der Waals surface area contributed by atoms with Crippen molar-refractivity contribution in [3.8, 4) is 5.88 Å². The number of β-amino-alcohol motifs (C(OH)–C–C–N with tert-alkyl or cyclic N) is 1. The van der Waals surface area contributed by atoms with Crippen LogP contribution in [0.1, 0.15) is 25.8 Å². The molecule has 2 heterocycles. The Hall–Kier alpha value is -3.12. The summed E-state index contributed by atoms with van der Waals surface area (Å²) in [5.41, 5.74) is 1.98. The zero-order valence-electron chi connectivity index (χ0n) is 22.5. The molecule has 39 heavy (non-hydrogen) atoms. The van der Waals surface area contributed by atoms with E-state index in [1.807, 2.05) is 38.2 Å². The van der Waals surface area contributed by atoms with Crippen LogP contribution in [0.5, 0.6) is 5.88 Å². The highest BCUT2D eigenvalue weighted by Crippen LogP contribution is 2.25. The molecule has 11 nitrogen and oxygen atoms in total. The summed E-state index contributed by atoms with van der Waals surface area (Å²) in [4.78, 5) is 37.4. The average molecular weight is 587 g/mol. The Balaban J connectivity index is 0.000000418. The van der Waals surface area contributed by atoms with Gasteiger partial charge in [-0.2, -0.15) is 0 Å². The first-order valence-corrected chi connectivity index (χ1v) is 13.0. The van der Waals surface area contributed by atoms with Crippen LogP contribution in [0.2, 0.25) is 10.0 Å². The largest absolute Gasteiger partial charge is 0.471 e. The number of carbonyl (C=O) groups excluding carboxylic acids is 3. The summed E-state index contributed by atoms with van der Waals surface area (Å²) in [6.07, 6.45) is 1.69. The number of aliphatic hydroxyl groups is 1. The van der Waals surface area contributed by atoms with Gasteiger partial charge in [0, 0.05) is 45.1 Å². The molecule has 1 aromatic heterocycles. The number of benzene rings is 1. The fourth-order valence-electron chi connectivity index (χ4n) is 3.38. The number of halogens is 2. The predicted octanol–water partition coefficient (Wildman–Crippen LogP) is 2.49. The number of hydrogen-bond acceptors (Lipinski definition) is 9. The van der Waals surface area contributed by atoms with Crippen LogP contribution in [0.3, 0.4) is 0 Å². The zero-order valence-corrected chi connectivity index (χ0v) is 24.0. The molecule has 2 aromatic rings. The number of aliphatic hydroxyl groups excluding tert-OH is 1. The number of amides is 2. The molecule has 1 aliphatic heterocycles. The van der Waals surface area contributed by atoms with E-state index in [-0.39, 0.29) is 22.9 Å². The molecular formula is C26H37Cl2N5O6. The van der Waals surface area contributed by atoms with Crippen LogP contribution in [0.4, 0.5) is 5.69 Å². The first-order valence-electron chi connectivity index (χ1n) is 12.3. The van der Waals surface area contributed by atoms with E-state index in [1.54, 1.807) is 6.92 Å². The molecule has 0 saturated carbocycles. The summed E-state index contributed by atoms with van der Waals surface area (Å²) in [7, 11) is 3.16. The molecule has 0 radical (unpaired) electrons. The van der Waals surface area contributed by atoms with Crippen LogP contribution in [0.25, 0.3) is 0 Å². The van der Waals surface area contributed by atoms with Gasteiger partial charge in [-0.25, -0.2) is 4.98 Å². The van der Waals surface area contributed by atoms with E-state index in [9.17, 15) is 9.59 Å². The number of anilines is 1. The Morgan fingerprint density at radius 2 is 1.97 bits per heavy atom. The quantitative estimate of drug-likeness (QED) is 0.276. The van der Waals surface area contributed by atoms with Crippen LogP contribution in [-0.4, -0.2) is 85.8 Å². The summed E-state index contributed by atoms with van der Waals surface area (Å²) in [5, 5.41) is 18.3. The molecule has 4 N–H and O–H groups in total. The van der Waals surface area contributed by atoms with E-state index >= 15 is 0 Å². The minimum atomic E-state index is -0.677. The lowest BCUT2D eigenvalue weighted by atomic mass is 10.1. The maximum atomic E-state index is 12.3. The van der Waals surface area contributed by atoms with Gasteiger partial charge in [0.2, 0.25) is 12.3 Å². The van der Waals surface area contributed by atoms with Crippen LogP contribution < -0.4 is 20.7 Å². The molecule has 2 atom stereocenters. The molecule has 0 aliphatic carbocycles. The highest BCUT2D eigenvalue weighted by atomic mass is 35.5. The van der Waals surface area contributed by atoms with Gasteiger partial charge in [-0.3, -0.25) is 19.3 Å². The molecular weight excluding hydrogens is 549 g/mol. The Labute approximate surface area is 239 Å². The minimum absolute atomic E-state index is 0.195. The van der Waals surface area contributed by atoms with Gasteiger partial charge in [0.25, 0.3) is 12.4 Å². The molecule has 1 aliphatic rings. The summed E-state index contributed by atoms with van der Waals surface area (Å²) in [6.45, 7) is 6.84. The number of hydrogen-bond donors (Lipinski definition) is 4. The molecule has 2 amide bonds. The van der Waals surface area contributed by atoms with Crippen LogP contribution >= 0.6 is 23.2 Å². The number of rotatable bonds is 12. The fourth-order valence-corrected chi connectivity index (χ4v) is 3.80. The molecule has 0 bridgehead atoms. The number of ether oxygens (including phenoxy) is 2. The van der Waals surface area contributed by atoms with E-state index in [2.05, 4.69) is 30.6 Å². The number of aromatic nitrogens is 1. The third kappa shape index (κ3) is 13.5. The fraction of sp³-hybridized carbons (Fsp3) is 0.462. The first kappa shape index (κ1) is 33.9. The topological polar surface area (TPSA) is 142 Å². The summed E-state index contributed by atoms with van der Waals surface area (Å²) in [6, 6.07) is 9.63. The second-order valence-corrected chi connectivity index (χ2v) is 9.35. The molecule has 3 rings (SSSR count). The van der Waals surface area contributed by atoms with Crippen molar-refractivity contribution in [1.29, 1.82) is 0 Å². The second kappa shape index (κ2) is 19.0. The monoisotopic (exact) mass is 585 g/mol. The lowest BCUT2D eigenvalue weighted by Gasteiger charge is -2.39. The Morgan fingerprint density at radius 3 is 2.51 bits per heavy atom. The lowest BCUT2D eigenvalue weighted by molar-refractivity contribution is -0.128. The zero-order chi connectivity index (χ0) is 29.2. The highest BCUT2D eigenvalue weighted by molar-refractivity contribution is 6.35. The van der Waals surface area contributed by atoms with Gasteiger partial charge in [-0.05, 0) is 37.1 Å². The Kier molecular flexibility index (Phi) is 16.5. The normalized spacial score (nSPS) is 14.0. The standard InChI is InChI=1S/C17H19Cl2N3O2.C7H14N2O2.C2H4O2/c1-3-15(24-17-14(19)8-12(18)10-22-17)16(23)21-9-11-5-4-6-13(7-11)20-2;1-6(11)2-9-3-7(4-9)8-5-10;1-4-2-3/h4-8,10,15,20H,3,9H2,1-2H3,(H,21,23);5-7,11H,2-4H2,1H3,(H,8,10);2H,1H3. The molecule has 2 unspecified atom stereocenters. The van der Waals surface area contributed by atoms with Crippen molar-refractivity contribution in [3.63, 3.8) is 0 Å². The number of nitrogens with zero attached hydrogens (tertiary/aromatic N) is 2. The maximum absolute atomic E-state index is 12.3. The Morgan fingerprint density at radius 1 is 1.28 bits per heavy atom. The number of carbonyl (C=O) groups is 3. The summed E-state index contributed by atoms with van der Waals surface area (Å²) >= 11 is 11.8. The Bertz CT molecular complexity index is 1020. The van der Waals surface area contributed by atoms with Gasteiger partial charge in [0.1, 0.15) is 5.02 Å². The van der Waals surface area contributed by atoms with Gasteiger partial charge in [0.05, 0.1) is 24.3 Å². The van der Waals surface area contributed by atoms with Gasteiger partial charge in [-0.1, -0.05) is 42.3 Å². The lowest BCUT2D eigenvalue weighted by Crippen LogP contribution is -2.58. The average Bonchev–Trinajstić information content (AvgIpc) is 2.90. The predicted molar refractivity (Wildman–Crippen MR) is 151 cm³/mol. The smallest absolute Gasteiger partial charge is 0.292 e.